The van der Waals surface area contributed by atoms with Gasteiger partial charge in [0.2, 0.25) is 5.91 Å². The normalized spacial score (nSPS) is 20.6. The number of benzene rings is 1. The van der Waals surface area contributed by atoms with E-state index in [1.54, 1.807) is 35.9 Å². The summed E-state index contributed by atoms with van der Waals surface area (Å²) in [5.74, 6) is 0.0451. The quantitative estimate of drug-likeness (QED) is 0.436. The van der Waals surface area contributed by atoms with Crippen LogP contribution in [-0.2, 0) is 11.2 Å². The van der Waals surface area contributed by atoms with E-state index >= 15 is 0 Å². The molecule has 1 aromatic heterocycles. The number of amides is 3. The number of rotatable bonds is 8. The maximum absolute atomic E-state index is 12.9. The first-order chi connectivity index (χ1) is 19.8. The van der Waals surface area contributed by atoms with Gasteiger partial charge in [-0.05, 0) is 90.5 Å². The number of nitrogens with two attached hydrogens (primary N) is 2. The second-order valence-electron chi connectivity index (χ2n) is 12.7. The van der Waals surface area contributed by atoms with E-state index in [1.165, 1.54) is 10.1 Å². The molecule has 2 aliphatic rings. The Hall–Kier alpha value is -3.28. The summed E-state index contributed by atoms with van der Waals surface area (Å²) in [6.45, 7) is 11.7. The lowest BCUT2D eigenvalue weighted by molar-refractivity contribution is -0.137. The average molecular weight is 581 g/mol. The van der Waals surface area contributed by atoms with Gasteiger partial charge in [0.05, 0.1) is 11.2 Å². The summed E-state index contributed by atoms with van der Waals surface area (Å²) < 4.78 is 1.47. The Balaban J connectivity index is 1.34. The Morgan fingerprint density at radius 1 is 1.00 bits per heavy atom. The Bertz CT molecular complexity index is 1270. The summed E-state index contributed by atoms with van der Waals surface area (Å²) in [7, 11) is 0. The van der Waals surface area contributed by atoms with Gasteiger partial charge in [0.15, 0.2) is 0 Å². The van der Waals surface area contributed by atoms with Gasteiger partial charge in [-0.25, -0.2) is 9.59 Å². The second kappa shape index (κ2) is 13.4. The van der Waals surface area contributed by atoms with Crippen molar-refractivity contribution in [2.75, 3.05) is 31.5 Å². The number of nitrogens with one attached hydrogen (secondary N) is 1. The van der Waals surface area contributed by atoms with Gasteiger partial charge in [0, 0.05) is 56.5 Å². The lowest BCUT2D eigenvalue weighted by atomic mass is 9.88. The first kappa shape index (κ1) is 31.7. The minimum Gasteiger partial charge on any atom is -0.338 e. The van der Waals surface area contributed by atoms with Crippen molar-refractivity contribution < 1.29 is 9.59 Å². The van der Waals surface area contributed by atoms with Crippen molar-refractivity contribution in [2.45, 2.75) is 96.4 Å². The monoisotopic (exact) mass is 580 g/mol. The fourth-order valence-corrected chi connectivity index (χ4v) is 6.31. The number of hydrogen-bond donors (Lipinski definition) is 3. The molecule has 0 spiro atoms. The number of nitrogens with zero attached hydrogens (tertiary/aromatic N) is 5. The van der Waals surface area contributed by atoms with Crippen molar-refractivity contribution in [3.8, 4) is 5.69 Å². The predicted molar refractivity (Wildman–Crippen MR) is 166 cm³/mol. The molecule has 1 saturated heterocycles. The Labute approximate surface area is 249 Å². The van der Waals surface area contributed by atoms with Crippen LogP contribution in [0.2, 0.25) is 0 Å². The highest BCUT2D eigenvalue weighted by Gasteiger charge is 2.32. The van der Waals surface area contributed by atoms with E-state index in [0.29, 0.717) is 56.0 Å². The van der Waals surface area contributed by atoms with E-state index in [0.717, 1.165) is 32.1 Å². The molecule has 11 heteroatoms. The van der Waals surface area contributed by atoms with Gasteiger partial charge in [-0.3, -0.25) is 19.6 Å². The minimum atomic E-state index is -0.948. The molecule has 2 aromatic rings. The summed E-state index contributed by atoms with van der Waals surface area (Å²) in [5.41, 5.74) is 12.6. The van der Waals surface area contributed by atoms with Crippen molar-refractivity contribution in [1.29, 1.82) is 0 Å². The fraction of sp³-hybridized carbons (Fsp3) is 0.613. The van der Waals surface area contributed by atoms with E-state index < -0.39 is 11.2 Å². The van der Waals surface area contributed by atoms with Crippen LogP contribution in [0.5, 0.6) is 0 Å². The van der Waals surface area contributed by atoms with E-state index in [4.69, 9.17) is 11.5 Å². The maximum Gasteiger partial charge on any atom is 0.354 e. The average Bonchev–Trinajstić information content (AvgIpc) is 2.94. The van der Waals surface area contributed by atoms with Crippen LogP contribution in [0.15, 0.2) is 41.3 Å². The first-order valence-corrected chi connectivity index (χ1v) is 15.2. The summed E-state index contributed by atoms with van der Waals surface area (Å²) >= 11 is 0. The third kappa shape index (κ3) is 7.76. The molecule has 230 valence electrons. The topological polar surface area (TPSA) is 143 Å². The maximum atomic E-state index is 12.9. The Morgan fingerprint density at radius 2 is 1.60 bits per heavy atom. The van der Waals surface area contributed by atoms with Crippen LogP contribution in [0.1, 0.15) is 65.9 Å². The van der Waals surface area contributed by atoms with Crippen LogP contribution in [0.4, 0.5) is 10.6 Å². The van der Waals surface area contributed by atoms with E-state index in [1.807, 2.05) is 12.1 Å². The zero-order chi connectivity index (χ0) is 30.6. The van der Waals surface area contributed by atoms with Crippen molar-refractivity contribution in [1.82, 2.24) is 24.3 Å². The number of urea groups is 1. The number of piperazine rings is 1. The predicted octanol–water partition coefficient (Wildman–Crippen LogP) is 2.56. The Morgan fingerprint density at radius 3 is 2.14 bits per heavy atom. The molecule has 4 rings (SSSR count). The fourth-order valence-electron chi connectivity index (χ4n) is 6.31. The number of anilines is 1. The van der Waals surface area contributed by atoms with Crippen molar-refractivity contribution >= 4 is 17.8 Å². The van der Waals surface area contributed by atoms with Crippen LogP contribution < -0.4 is 22.5 Å². The molecule has 1 aliphatic carbocycles. The SMILES string of the molecule is CC(C)N(C(C)Cc1ccc(-n2ccc(NC(=O)N3CCN(C(=O)C(C)(C)N)CC3)nc2=O)cc1)C1CCC(N)CC1. The molecular weight excluding hydrogens is 532 g/mol. The molecule has 2 heterocycles. The van der Waals surface area contributed by atoms with Gasteiger partial charge in [-0.1, -0.05) is 12.1 Å². The van der Waals surface area contributed by atoms with Crippen LogP contribution in [0.3, 0.4) is 0 Å². The van der Waals surface area contributed by atoms with Crippen LogP contribution in [-0.4, -0.2) is 92.1 Å². The van der Waals surface area contributed by atoms with Gasteiger partial charge in [-0.2, -0.15) is 4.98 Å². The highest BCUT2D eigenvalue weighted by molar-refractivity contribution is 5.89. The third-order valence-electron chi connectivity index (χ3n) is 8.46. The molecule has 1 aliphatic heterocycles. The molecule has 2 fully saturated rings. The molecule has 1 saturated carbocycles. The van der Waals surface area contributed by atoms with E-state index in [9.17, 15) is 14.4 Å². The molecule has 11 nitrogen and oxygen atoms in total. The molecule has 42 heavy (non-hydrogen) atoms. The number of carbonyl (C=O) groups is 2. The van der Waals surface area contributed by atoms with Crippen molar-refractivity contribution in [2.24, 2.45) is 11.5 Å². The molecule has 1 aromatic carbocycles. The third-order valence-corrected chi connectivity index (χ3v) is 8.46. The summed E-state index contributed by atoms with van der Waals surface area (Å²) in [6, 6.07) is 11.0. The lowest BCUT2D eigenvalue weighted by Gasteiger charge is -2.42. The smallest absolute Gasteiger partial charge is 0.338 e. The second-order valence-corrected chi connectivity index (χ2v) is 12.7. The number of aromatic nitrogens is 2. The van der Waals surface area contributed by atoms with Gasteiger partial charge in [0.25, 0.3) is 0 Å². The molecule has 5 N–H and O–H groups in total. The van der Waals surface area contributed by atoms with E-state index in [-0.39, 0.29) is 17.8 Å². The summed E-state index contributed by atoms with van der Waals surface area (Å²) in [6.07, 6.45) is 7.03. The lowest BCUT2D eigenvalue weighted by Crippen LogP contribution is -2.58. The van der Waals surface area contributed by atoms with Gasteiger partial charge in [-0.15, -0.1) is 0 Å². The van der Waals surface area contributed by atoms with Gasteiger partial charge < -0.3 is 21.3 Å². The molecule has 3 amide bonds. The minimum absolute atomic E-state index is 0.141. The zero-order valence-electron chi connectivity index (χ0n) is 25.8. The van der Waals surface area contributed by atoms with Crippen LogP contribution in [0.25, 0.3) is 5.69 Å². The highest BCUT2D eigenvalue weighted by atomic mass is 16.2. The number of hydrogen-bond acceptors (Lipinski definition) is 7. The molecule has 0 bridgehead atoms. The van der Waals surface area contributed by atoms with Crippen LogP contribution in [0, 0.1) is 0 Å². The summed E-state index contributed by atoms with van der Waals surface area (Å²) in [4.78, 5) is 48.0. The zero-order valence-corrected chi connectivity index (χ0v) is 25.8. The number of carbonyl (C=O) groups excluding carboxylic acids is 2. The molecule has 1 atom stereocenters. The van der Waals surface area contributed by atoms with Crippen molar-refractivity contribution in [3.63, 3.8) is 0 Å². The summed E-state index contributed by atoms with van der Waals surface area (Å²) in [5, 5.41) is 2.71. The van der Waals surface area contributed by atoms with E-state index in [2.05, 4.69) is 48.1 Å². The molecular formula is C31H48N8O3. The molecule has 1 unspecified atom stereocenters. The standard InChI is InChI=1S/C31H48N8O3/c1-21(2)39(26-12-8-24(32)9-13-26)22(3)20-23-6-10-25(11-7-23)38-15-14-27(35-30(38)42)34-29(41)37-18-16-36(17-19-37)28(40)31(4,5)33/h6-7,10-11,14-15,21-22,24,26H,8-9,12-13,16-20,32-33H2,1-5H3,(H,34,35,41,42). The van der Waals surface area contributed by atoms with Crippen molar-refractivity contribution in [3.05, 3.63) is 52.6 Å². The van der Waals surface area contributed by atoms with Crippen LogP contribution >= 0.6 is 0 Å². The van der Waals surface area contributed by atoms with Gasteiger partial charge >= 0.3 is 11.7 Å². The first-order valence-electron chi connectivity index (χ1n) is 15.2. The Kier molecular flexibility index (Phi) is 10.1. The molecule has 0 radical (unpaired) electrons. The van der Waals surface area contributed by atoms with Gasteiger partial charge in [0.1, 0.15) is 5.82 Å². The highest BCUT2D eigenvalue weighted by Crippen LogP contribution is 2.27. The largest absolute Gasteiger partial charge is 0.354 e.